The molecule has 1 amide bonds. The second kappa shape index (κ2) is 5.14. The van der Waals surface area contributed by atoms with Crippen LogP contribution in [0.3, 0.4) is 0 Å². The van der Waals surface area contributed by atoms with Gasteiger partial charge in [0.1, 0.15) is 11.6 Å². The molecule has 1 fully saturated rings. The van der Waals surface area contributed by atoms with Gasteiger partial charge in [0.2, 0.25) is 18.2 Å². The zero-order chi connectivity index (χ0) is 17.8. The second-order valence-electron chi connectivity index (χ2n) is 6.48. The molecule has 0 radical (unpaired) electrons. The van der Waals surface area contributed by atoms with Gasteiger partial charge in [-0.2, -0.15) is 18.2 Å². The van der Waals surface area contributed by atoms with Crippen LogP contribution in [0.2, 0.25) is 0 Å². The van der Waals surface area contributed by atoms with Gasteiger partial charge in [-0.3, -0.25) is 4.79 Å². The number of amides is 1. The summed E-state index contributed by atoms with van der Waals surface area (Å²) < 4.78 is 40.9. The fourth-order valence-electron chi connectivity index (χ4n) is 3.21. The van der Waals surface area contributed by atoms with E-state index in [1.165, 1.54) is 0 Å². The summed E-state index contributed by atoms with van der Waals surface area (Å²) in [5, 5.41) is 2.46. The van der Waals surface area contributed by atoms with Crippen molar-refractivity contribution in [1.29, 1.82) is 0 Å². The van der Waals surface area contributed by atoms with Crippen LogP contribution in [0, 0.1) is 5.95 Å². The molecule has 0 saturated heterocycles. The van der Waals surface area contributed by atoms with Gasteiger partial charge in [0.15, 0.2) is 0 Å². The lowest BCUT2D eigenvalue weighted by Gasteiger charge is -2.20. The van der Waals surface area contributed by atoms with E-state index in [2.05, 4.69) is 20.3 Å². The Kier molecular flexibility index (Phi) is 3.25. The summed E-state index contributed by atoms with van der Waals surface area (Å²) in [5.41, 5.74) is 1.52. The molecular weight excluding hydrogens is 335 g/mol. The van der Waals surface area contributed by atoms with Crippen LogP contribution in [-0.4, -0.2) is 27.9 Å². The zero-order valence-corrected chi connectivity index (χ0v) is 13.3. The number of alkyl halides is 2. The summed E-state index contributed by atoms with van der Waals surface area (Å²) in [7, 11) is 0. The van der Waals surface area contributed by atoms with Gasteiger partial charge in [-0.1, -0.05) is 0 Å². The molecule has 2 aromatic heterocycles. The number of nitrogens with zero attached hydrogens (tertiary/aromatic N) is 4. The highest BCUT2D eigenvalue weighted by molar-refractivity contribution is 5.77. The van der Waals surface area contributed by atoms with Crippen LogP contribution in [0.1, 0.15) is 31.2 Å². The number of anilines is 3. The Morgan fingerprint density at radius 1 is 1.32 bits per heavy atom. The fraction of sp³-hybridized carbons (Fsp3) is 0.375. The third kappa shape index (κ3) is 2.59. The summed E-state index contributed by atoms with van der Waals surface area (Å²) in [6, 6.07) is 2.67. The Labute approximate surface area is 141 Å². The lowest BCUT2D eigenvalue weighted by molar-refractivity contribution is -0.105. The Hall–Kier alpha value is -2.71. The quantitative estimate of drug-likeness (QED) is 0.679. The largest absolute Gasteiger partial charge is 0.325 e. The number of pyridine rings is 1. The third-order valence-corrected chi connectivity index (χ3v) is 4.62. The minimum atomic E-state index is -3.35. The topological polar surface area (TPSA) is 71.0 Å². The lowest BCUT2D eigenvalue weighted by Crippen LogP contribution is -2.23. The van der Waals surface area contributed by atoms with E-state index in [1.54, 1.807) is 17.2 Å². The first-order chi connectivity index (χ1) is 11.8. The van der Waals surface area contributed by atoms with Crippen molar-refractivity contribution in [2.45, 2.75) is 31.1 Å². The highest BCUT2D eigenvalue weighted by Crippen LogP contribution is 2.58. The van der Waals surface area contributed by atoms with Crippen molar-refractivity contribution in [3.63, 3.8) is 0 Å². The van der Waals surface area contributed by atoms with E-state index in [-0.39, 0.29) is 11.2 Å². The Balaban J connectivity index is 1.82. The van der Waals surface area contributed by atoms with Crippen LogP contribution in [0.4, 0.5) is 30.5 Å². The maximum absolute atomic E-state index is 13.8. The first-order valence-electron chi connectivity index (χ1n) is 7.74. The molecule has 1 saturated carbocycles. The van der Waals surface area contributed by atoms with E-state index < -0.39 is 17.7 Å². The fourth-order valence-corrected chi connectivity index (χ4v) is 3.21. The van der Waals surface area contributed by atoms with Crippen LogP contribution < -0.4 is 10.2 Å². The van der Waals surface area contributed by atoms with Crippen molar-refractivity contribution in [2.75, 3.05) is 16.8 Å². The maximum atomic E-state index is 13.8. The molecule has 9 heteroatoms. The minimum absolute atomic E-state index is 0.0669. The molecule has 2 aliphatic rings. The van der Waals surface area contributed by atoms with E-state index in [4.69, 9.17) is 0 Å². The molecule has 0 bridgehead atoms. The lowest BCUT2D eigenvalue weighted by atomic mass is 10.0. The molecule has 25 heavy (non-hydrogen) atoms. The van der Waals surface area contributed by atoms with Gasteiger partial charge in [0.25, 0.3) is 0 Å². The number of halogens is 3. The number of fused-ring (bicyclic) bond motifs is 2. The molecule has 130 valence electrons. The summed E-state index contributed by atoms with van der Waals surface area (Å²) >= 11 is 0. The standard InChI is InChI=1S/C16H14F3N5O/c1-15(18,19)14-22-11(17)5-13(23-14)24-7-16(2-3-16)9-6-20-12(21-8-25)4-10(9)24/h4-6,8H,2-3,7H2,1H3,(H,20,21,25). The van der Waals surface area contributed by atoms with Crippen LogP contribution in [0.25, 0.3) is 0 Å². The number of rotatable bonds is 4. The number of aromatic nitrogens is 3. The predicted octanol–water partition coefficient (Wildman–Crippen LogP) is 2.87. The first kappa shape index (κ1) is 15.8. The van der Waals surface area contributed by atoms with Crippen molar-refractivity contribution in [1.82, 2.24) is 15.0 Å². The molecule has 1 spiro atoms. The summed E-state index contributed by atoms with van der Waals surface area (Å²) in [6.45, 7) is 1.13. The summed E-state index contributed by atoms with van der Waals surface area (Å²) in [6.07, 6.45) is 4.04. The maximum Gasteiger partial charge on any atom is 0.304 e. The van der Waals surface area contributed by atoms with E-state index >= 15 is 0 Å². The average Bonchev–Trinajstić information content (AvgIpc) is 3.24. The predicted molar refractivity (Wildman–Crippen MR) is 83.4 cm³/mol. The minimum Gasteiger partial charge on any atom is -0.325 e. The molecule has 4 rings (SSSR count). The van der Waals surface area contributed by atoms with Gasteiger partial charge in [-0.05, 0) is 12.8 Å². The van der Waals surface area contributed by atoms with Crippen molar-refractivity contribution in [2.24, 2.45) is 0 Å². The highest BCUT2D eigenvalue weighted by atomic mass is 19.3. The number of nitrogens with one attached hydrogen (secondary N) is 1. The van der Waals surface area contributed by atoms with Crippen molar-refractivity contribution >= 4 is 23.7 Å². The molecule has 0 aromatic carbocycles. The van der Waals surface area contributed by atoms with Crippen molar-refractivity contribution in [3.8, 4) is 0 Å². The van der Waals surface area contributed by atoms with Gasteiger partial charge >= 0.3 is 5.92 Å². The average molecular weight is 349 g/mol. The van der Waals surface area contributed by atoms with Crippen molar-refractivity contribution in [3.05, 3.63) is 35.7 Å². The Morgan fingerprint density at radius 3 is 2.72 bits per heavy atom. The molecule has 3 heterocycles. The van der Waals surface area contributed by atoms with E-state index in [9.17, 15) is 18.0 Å². The van der Waals surface area contributed by atoms with Gasteiger partial charge in [-0.15, -0.1) is 0 Å². The molecule has 0 unspecified atom stereocenters. The summed E-state index contributed by atoms with van der Waals surface area (Å²) in [5.74, 6) is -4.83. The number of hydrogen-bond acceptors (Lipinski definition) is 5. The van der Waals surface area contributed by atoms with Gasteiger partial charge < -0.3 is 10.2 Å². The molecule has 1 aliphatic heterocycles. The van der Waals surface area contributed by atoms with Crippen LogP contribution in [0.5, 0.6) is 0 Å². The Bertz CT molecular complexity index is 863. The van der Waals surface area contributed by atoms with Crippen LogP contribution in [-0.2, 0) is 16.1 Å². The van der Waals surface area contributed by atoms with Crippen molar-refractivity contribution < 1.29 is 18.0 Å². The SMILES string of the molecule is CC(F)(F)c1nc(F)cc(N2CC3(CC3)c3cnc(NC=O)cc32)n1. The summed E-state index contributed by atoms with van der Waals surface area (Å²) in [4.78, 5) is 23.6. The molecule has 6 nitrogen and oxygen atoms in total. The molecule has 0 atom stereocenters. The van der Waals surface area contributed by atoms with Gasteiger partial charge in [0, 0.05) is 42.8 Å². The van der Waals surface area contributed by atoms with E-state index in [0.29, 0.717) is 31.4 Å². The monoisotopic (exact) mass is 349 g/mol. The molecular formula is C16H14F3N5O. The molecule has 1 N–H and O–H groups in total. The van der Waals surface area contributed by atoms with E-state index in [1.807, 2.05) is 0 Å². The zero-order valence-electron chi connectivity index (χ0n) is 13.3. The normalized spacial score (nSPS) is 17.5. The highest BCUT2D eigenvalue weighted by Gasteiger charge is 2.52. The van der Waals surface area contributed by atoms with Crippen LogP contribution in [0.15, 0.2) is 18.3 Å². The van der Waals surface area contributed by atoms with Crippen LogP contribution >= 0.6 is 0 Å². The first-order valence-corrected chi connectivity index (χ1v) is 7.74. The Morgan fingerprint density at radius 2 is 2.08 bits per heavy atom. The smallest absolute Gasteiger partial charge is 0.304 e. The third-order valence-electron chi connectivity index (χ3n) is 4.62. The molecule has 2 aromatic rings. The van der Waals surface area contributed by atoms with Gasteiger partial charge in [0.05, 0.1) is 5.69 Å². The number of hydrogen-bond donors (Lipinski definition) is 1. The number of carbonyl (C=O) groups excluding carboxylic acids is 1. The van der Waals surface area contributed by atoms with Gasteiger partial charge in [-0.25, -0.2) is 9.97 Å². The number of carbonyl (C=O) groups is 1. The molecule has 1 aliphatic carbocycles. The second-order valence-corrected chi connectivity index (χ2v) is 6.48. The van der Waals surface area contributed by atoms with E-state index in [0.717, 1.165) is 24.5 Å².